The molecule has 2 nitrogen and oxygen atoms in total. The SMILES string of the molecule is CCCN1CC[C@@H](N)[C@@H]1C1(C(C)C)CC1. The Morgan fingerprint density at radius 1 is 1.40 bits per heavy atom. The molecule has 0 spiro atoms. The maximum absolute atomic E-state index is 6.32. The highest BCUT2D eigenvalue weighted by molar-refractivity contribution is 5.10. The molecule has 0 bridgehead atoms. The Balaban J connectivity index is 2.10. The molecule has 2 heteroatoms. The van der Waals surface area contributed by atoms with Gasteiger partial charge in [0.1, 0.15) is 0 Å². The van der Waals surface area contributed by atoms with Gasteiger partial charge in [0.05, 0.1) is 0 Å². The summed E-state index contributed by atoms with van der Waals surface area (Å²) in [4.78, 5) is 2.66. The molecule has 1 saturated heterocycles. The summed E-state index contributed by atoms with van der Waals surface area (Å²) in [5.74, 6) is 0.797. The minimum absolute atomic E-state index is 0.432. The monoisotopic (exact) mass is 210 g/mol. The van der Waals surface area contributed by atoms with E-state index in [1.54, 1.807) is 0 Å². The summed E-state index contributed by atoms with van der Waals surface area (Å²) in [6.45, 7) is 9.50. The number of likely N-dealkylation sites (tertiary alicyclic amines) is 1. The van der Waals surface area contributed by atoms with Crippen LogP contribution in [-0.2, 0) is 0 Å². The molecule has 2 fully saturated rings. The molecule has 1 aliphatic carbocycles. The van der Waals surface area contributed by atoms with Crippen molar-refractivity contribution < 1.29 is 0 Å². The molecular weight excluding hydrogens is 184 g/mol. The first kappa shape index (κ1) is 11.4. The molecule has 88 valence electrons. The lowest BCUT2D eigenvalue weighted by Gasteiger charge is -2.36. The van der Waals surface area contributed by atoms with Crippen LogP contribution >= 0.6 is 0 Å². The summed E-state index contributed by atoms with van der Waals surface area (Å²) in [7, 11) is 0. The molecule has 2 atom stereocenters. The van der Waals surface area contributed by atoms with Gasteiger partial charge in [-0.1, -0.05) is 20.8 Å². The van der Waals surface area contributed by atoms with Gasteiger partial charge < -0.3 is 5.73 Å². The third-order valence-electron chi connectivity index (χ3n) is 4.63. The zero-order valence-corrected chi connectivity index (χ0v) is 10.5. The smallest absolute Gasteiger partial charge is 0.0306 e. The van der Waals surface area contributed by atoms with E-state index in [1.807, 2.05) is 0 Å². The fourth-order valence-corrected chi connectivity index (χ4v) is 3.57. The third kappa shape index (κ3) is 1.83. The number of hydrogen-bond acceptors (Lipinski definition) is 2. The van der Waals surface area contributed by atoms with E-state index in [0.717, 1.165) is 5.92 Å². The van der Waals surface area contributed by atoms with E-state index in [-0.39, 0.29) is 0 Å². The van der Waals surface area contributed by atoms with Gasteiger partial charge in [-0.2, -0.15) is 0 Å². The van der Waals surface area contributed by atoms with Gasteiger partial charge >= 0.3 is 0 Å². The summed E-state index contributed by atoms with van der Waals surface area (Å²) in [6, 6.07) is 1.11. The van der Waals surface area contributed by atoms with Crippen molar-refractivity contribution in [2.75, 3.05) is 13.1 Å². The Kier molecular flexibility index (Phi) is 3.09. The lowest BCUT2D eigenvalue weighted by Crippen LogP contribution is -2.48. The van der Waals surface area contributed by atoms with Crippen molar-refractivity contribution >= 4 is 0 Å². The van der Waals surface area contributed by atoms with Crippen molar-refractivity contribution in [2.45, 2.75) is 58.5 Å². The van der Waals surface area contributed by atoms with Crippen molar-refractivity contribution in [1.82, 2.24) is 4.90 Å². The van der Waals surface area contributed by atoms with E-state index in [9.17, 15) is 0 Å². The Morgan fingerprint density at radius 2 is 2.07 bits per heavy atom. The lowest BCUT2D eigenvalue weighted by molar-refractivity contribution is 0.128. The second-order valence-electron chi connectivity index (χ2n) is 5.82. The predicted octanol–water partition coefficient (Wildman–Crippen LogP) is 2.23. The lowest BCUT2D eigenvalue weighted by atomic mass is 9.81. The molecule has 2 rings (SSSR count). The van der Waals surface area contributed by atoms with Gasteiger partial charge in [0.15, 0.2) is 0 Å². The predicted molar refractivity (Wildman–Crippen MR) is 64.7 cm³/mol. The summed E-state index contributed by atoms with van der Waals surface area (Å²) < 4.78 is 0. The topological polar surface area (TPSA) is 29.3 Å². The largest absolute Gasteiger partial charge is 0.326 e. The highest BCUT2D eigenvalue weighted by Gasteiger charge is 2.56. The van der Waals surface area contributed by atoms with Gasteiger partial charge in [-0.3, -0.25) is 4.90 Å². The van der Waals surface area contributed by atoms with Crippen LogP contribution in [0.5, 0.6) is 0 Å². The first-order valence-corrected chi connectivity index (χ1v) is 6.61. The summed E-state index contributed by atoms with van der Waals surface area (Å²) in [6.07, 6.45) is 5.28. The fraction of sp³-hybridized carbons (Fsp3) is 1.00. The molecule has 1 aliphatic heterocycles. The second-order valence-corrected chi connectivity index (χ2v) is 5.82. The van der Waals surface area contributed by atoms with E-state index in [0.29, 0.717) is 17.5 Å². The molecule has 0 amide bonds. The number of hydrogen-bond donors (Lipinski definition) is 1. The molecule has 0 unspecified atom stereocenters. The molecule has 0 aromatic heterocycles. The summed E-state index contributed by atoms with van der Waals surface area (Å²) >= 11 is 0. The van der Waals surface area contributed by atoms with Gasteiger partial charge in [0.25, 0.3) is 0 Å². The van der Waals surface area contributed by atoms with Crippen LogP contribution in [0.25, 0.3) is 0 Å². The van der Waals surface area contributed by atoms with Crippen LogP contribution in [0.2, 0.25) is 0 Å². The van der Waals surface area contributed by atoms with Gasteiger partial charge in [-0.25, -0.2) is 0 Å². The van der Waals surface area contributed by atoms with Crippen molar-refractivity contribution in [2.24, 2.45) is 17.1 Å². The molecule has 0 radical (unpaired) electrons. The van der Waals surface area contributed by atoms with Gasteiger partial charge in [-0.05, 0) is 43.6 Å². The Labute approximate surface area is 94.2 Å². The Hall–Kier alpha value is -0.0800. The minimum atomic E-state index is 0.432. The van der Waals surface area contributed by atoms with E-state index in [2.05, 4.69) is 25.7 Å². The van der Waals surface area contributed by atoms with Crippen molar-refractivity contribution in [3.05, 3.63) is 0 Å². The zero-order valence-electron chi connectivity index (χ0n) is 10.5. The van der Waals surface area contributed by atoms with E-state index < -0.39 is 0 Å². The highest BCUT2D eigenvalue weighted by atomic mass is 15.2. The average molecular weight is 210 g/mol. The van der Waals surface area contributed by atoms with Crippen LogP contribution in [0.15, 0.2) is 0 Å². The number of nitrogens with zero attached hydrogens (tertiary/aromatic N) is 1. The zero-order chi connectivity index (χ0) is 11.1. The molecule has 1 saturated carbocycles. The maximum atomic E-state index is 6.32. The van der Waals surface area contributed by atoms with E-state index in [1.165, 1.54) is 38.8 Å². The van der Waals surface area contributed by atoms with Crippen LogP contribution in [0.1, 0.15) is 46.5 Å². The first-order chi connectivity index (χ1) is 7.12. The highest BCUT2D eigenvalue weighted by Crippen LogP contribution is 2.57. The van der Waals surface area contributed by atoms with Crippen LogP contribution in [0.4, 0.5) is 0 Å². The van der Waals surface area contributed by atoms with Gasteiger partial charge in [-0.15, -0.1) is 0 Å². The maximum Gasteiger partial charge on any atom is 0.0306 e. The molecule has 2 aliphatic rings. The van der Waals surface area contributed by atoms with Gasteiger partial charge in [0, 0.05) is 18.6 Å². The van der Waals surface area contributed by atoms with Crippen LogP contribution in [0.3, 0.4) is 0 Å². The summed E-state index contributed by atoms with van der Waals surface area (Å²) in [5, 5.41) is 0. The third-order valence-corrected chi connectivity index (χ3v) is 4.63. The number of nitrogens with two attached hydrogens (primary N) is 1. The molecule has 0 aromatic rings. The Morgan fingerprint density at radius 3 is 2.53 bits per heavy atom. The van der Waals surface area contributed by atoms with E-state index in [4.69, 9.17) is 5.73 Å². The van der Waals surface area contributed by atoms with Crippen molar-refractivity contribution in [3.63, 3.8) is 0 Å². The average Bonchev–Trinajstić information content (AvgIpc) is 2.90. The first-order valence-electron chi connectivity index (χ1n) is 6.61. The van der Waals surface area contributed by atoms with Crippen LogP contribution < -0.4 is 5.73 Å². The van der Waals surface area contributed by atoms with Crippen LogP contribution in [0, 0.1) is 11.3 Å². The molecular formula is C13H26N2. The van der Waals surface area contributed by atoms with Crippen molar-refractivity contribution in [3.8, 4) is 0 Å². The standard InChI is InChI=1S/C13H26N2/c1-4-8-15-9-5-11(14)12(15)13(6-7-13)10(2)3/h10-12H,4-9,14H2,1-3H3/t11-,12-/m1/s1. The Bertz CT molecular complexity index is 219. The quantitative estimate of drug-likeness (QED) is 0.771. The normalized spacial score (nSPS) is 35.0. The van der Waals surface area contributed by atoms with Crippen LogP contribution in [-0.4, -0.2) is 30.1 Å². The summed E-state index contributed by atoms with van der Waals surface area (Å²) in [5.41, 5.74) is 6.90. The second kappa shape index (κ2) is 4.06. The molecule has 2 N–H and O–H groups in total. The minimum Gasteiger partial charge on any atom is -0.326 e. The number of rotatable bonds is 4. The van der Waals surface area contributed by atoms with Gasteiger partial charge in [0.2, 0.25) is 0 Å². The van der Waals surface area contributed by atoms with Crippen molar-refractivity contribution in [1.29, 1.82) is 0 Å². The fourth-order valence-electron chi connectivity index (χ4n) is 3.57. The molecule has 1 heterocycles. The molecule has 0 aromatic carbocycles. The van der Waals surface area contributed by atoms with E-state index >= 15 is 0 Å². The molecule has 15 heavy (non-hydrogen) atoms.